The highest BCUT2D eigenvalue weighted by molar-refractivity contribution is 6.31. The predicted molar refractivity (Wildman–Crippen MR) is 48.3 cm³/mol. The van der Waals surface area contributed by atoms with Crippen LogP contribution in [0.15, 0.2) is 6.20 Å². The molecule has 66 valence electrons. The van der Waals surface area contributed by atoms with E-state index >= 15 is 0 Å². The third-order valence-corrected chi connectivity index (χ3v) is 2.43. The normalized spacial score (nSPS) is 16.8. The minimum absolute atomic E-state index is 0.623. The second-order valence-corrected chi connectivity index (χ2v) is 3.57. The lowest BCUT2D eigenvalue weighted by atomic mass is 10.3. The highest BCUT2D eigenvalue weighted by Gasteiger charge is 2.29. The van der Waals surface area contributed by atoms with Crippen molar-refractivity contribution >= 4 is 11.6 Å². The van der Waals surface area contributed by atoms with Gasteiger partial charge >= 0.3 is 0 Å². The van der Waals surface area contributed by atoms with Crippen LogP contribution in [0, 0.1) is 0 Å². The zero-order chi connectivity index (χ0) is 8.55. The Morgan fingerprint density at radius 1 is 1.67 bits per heavy atom. The number of nitrogens with two attached hydrogens (primary N) is 1. The molecule has 1 fully saturated rings. The van der Waals surface area contributed by atoms with Crippen molar-refractivity contribution in [3.8, 4) is 0 Å². The Labute approximate surface area is 76.5 Å². The summed E-state index contributed by atoms with van der Waals surface area (Å²) in [6.45, 7) is 1.40. The Hall–Kier alpha value is -0.540. The van der Waals surface area contributed by atoms with Gasteiger partial charge in [0.25, 0.3) is 0 Å². The zero-order valence-corrected chi connectivity index (χ0v) is 7.59. The van der Waals surface area contributed by atoms with Crippen LogP contribution in [0.3, 0.4) is 0 Å². The van der Waals surface area contributed by atoms with E-state index in [2.05, 4.69) is 5.10 Å². The molecule has 1 aliphatic carbocycles. The van der Waals surface area contributed by atoms with E-state index in [1.165, 1.54) is 18.5 Å². The van der Waals surface area contributed by atoms with Crippen LogP contribution in [0.25, 0.3) is 0 Å². The van der Waals surface area contributed by atoms with Gasteiger partial charge in [0.1, 0.15) is 0 Å². The molecular formula is C8H12ClN3. The predicted octanol–water partition coefficient (Wildman–Crippen LogP) is 1.37. The van der Waals surface area contributed by atoms with Crippen molar-refractivity contribution in [1.29, 1.82) is 0 Å². The molecule has 0 radical (unpaired) electrons. The highest BCUT2D eigenvalue weighted by Crippen LogP contribution is 2.42. The molecule has 12 heavy (non-hydrogen) atoms. The van der Waals surface area contributed by atoms with E-state index in [1.807, 2.05) is 4.68 Å². The van der Waals surface area contributed by atoms with Gasteiger partial charge in [-0.3, -0.25) is 4.68 Å². The third kappa shape index (κ3) is 1.34. The number of nitrogens with zero attached hydrogens (tertiary/aromatic N) is 2. The maximum absolute atomic E-state index is 5.99. The lowest BCUT2D eigenvalue weighted by Crippen LogP contribution is -2.13. The SMILES string of the molecule is NCCn1ncc(Cl)c1C1CC1. The Bertz CT molecular complexity index is 278. The fraction of sp³-hybridized carbons (Fsp3) is 0.625. The first-order valence-electron chi connectivity index (χ1n) is 4.24. The van der Waals surface area contributed by atoms with Gasteiger partial charge in [-0.05, 0) is 12.8 Å². The standard InChI is InChI=1S/C8H12ClN3/c9-7-5-11-12(4-3-10)8(7)6-1-2-6/h5-6H,1-4,10H2. The molecule has 3 nitrogen and oxygen atoms in total. The lowest BCUT2D eigenvalue weighted by molar-refractivity contribution is 0.594. The van der Waals surface area contributed by atoms with E-state index in [9.17, 15) is 0 Å². The summed E-state index contributed by atoms with van der Waals surface area (Å²) in [6.07, 6.45) is 4.21. The Balaban J connectivity index is 2.27. The largest absolute Gasteiger partial charge is 0.329 e. The molecular weight excluding hydrogens is 174 g/mol. The fourth-order valence-corrected chi connectivity index (χ4v) is 1.73. The van der Waals surface area contributed by atoms with Crippen molar-refractivity contribution in [2.45, 2.75) is 25.3 Å². The van der Waals surface area contributed by atoms with Gasteiger partial charge in [0, 0.05) is 12.5 Å². The second kappa shape index (κ2) is 3.07. The molecule has 1 heterocycles. The molecule has 1 aromatic rings. The second-order valence-electron chi connectivity index (χ2n) is 3.16. The van der Waals surface area contributed by atoms with Crippen LogP contribution in [-0.4, -0.2) is 16.3 Å². The van der Waals surface area contributed by atoms with Gasteiger partial charge < -0.3 is 5.73 Å². The monoisotopic (exact) mass is 185 g/mol. The summed E-state index contributed by atoms with van der Waals surface area (Å²) in [5.41, 5.74) is 6.64. The Morgan fingerprint density at radius 2 is 2.42 bits per heavy atom. The first-order chi connectivity index (χ1) is 5.83. The van der Waals surface area contributed by atoms with E-state index in [4.69, 9.17) is 17.3 Å². The third-order valence-electron chi connectivity index (χ3n) is 2.14. The van der Waals surface area contributed by atoms with Gasteiger partial charge in [-0.15, -0.1) is 0 Å². The molecule has 0 spiro atoms. The van der Waals surface area contributed by atoms with Crippen LogP contribution in [-0.2, 0) is 6.54 Å². The van der Waals surface area contributed by atoms with Gasteiger partial charge in [-0.25, -0.2) is 0 Å². The summed E-state index contributed by atoms with van der Waals surface area (Å²) in [6, 6.07) is 0. The first kappa shape index (κ1) is 8.08. The molecule has 2 N–H and O–H groups in total. The van der Waals surface area contributed by atoms with Crippen LogP contribution in [0.4, 0.5) is 0 Å². The molecule has 1 aliphatic rings. The van der Waals surface area contributed by atoms with Gasteiger partial charge in [-0.2, -0.15) is 5.10 Å². The van der Waals surface area contributed by atoms with E-state index in [1.54, 1.807) is 6.20 Å². The highest BCUT2D eigenvalue weighted by atomic mass is 35.5. The van der Waals surface area contributed by atoms with Gasteiger partial charge in [0.15, 0.2) is 0 Å². The topological polar surface area (TPSA) is 43.8 Å². The molecule has 0 unspecified atom stereocenters. The number of hydrogen-bond donors (Lipinski definition) is 1. The average molecular weight is 186 g/mol. The summed E-state index contributed by atoms with van der Waals surface area (Å²) in [4.78, 5) is 0. The summed E-state index contributed by atoms with van der Waals surface area (Å²) in [5, 5.41) is 4.97. The minimum atomic E-state index is 0.623. The summed E-state index contributed by atoms with van der Waals surface area (Å²) in [7, 11) is 0. The van der Waals surface area contributed by atoms with Gasteiger partial charge in [-0.1, -0.05) is 11.6 Å². The molecule has 0 atom stereocenters. The minimum Gasteiger partial charge on any atom is -0.329 e. The Kier molecular flexibility index (Phi) is 2.07. The fourth-order valence-electron chi connectivity index (χ4n) is 1.44. The molecule has 1 saturated carbocycles. The molecule has 0 bridgehead atoms. The molecule has 4 heteroatoms. The van der Waals surface area contributed by atoms with E-state index in [0.717, 1.165) is 11.6 Å². The summed E-state index contributed by atoms with van der Waals surface area (Å²) < 4.78 is 1.93. The van der Waals surface area contributed by atoms with Crippen molar-refractivity contribution in [3.05, 3.63) is 16.9 Å². The summed E-state index contributed by atoms with van der Waals surface area (Å²) >= 11 is 5.99. The maximum atomic E-state index is 5.99. The molecule has 0 aliphatic heterocycles. The van der Waals surface area contributed by atoms with E-state index in [-0.39, 0.29) is 0 Å². The van der Waals surface area contributed by atoms with Crippen molar-refractivity contribution < 1.29 is 0 Å². The summed E-state index contributed by atoms with van der Waals surface area (Å²) in [5.74, 6) is 0.645. The first-order valence-corrected chi connectivity index (χ1v) is 4.62. The van der Waals surface area contributed by atoms with E-state index in [0.29, 0.717) is 12.5 Å². The van der Waals surface area contributed by atoms with Crippen LogP contribution < -0.4 is 5.73 Å². The van der Waals surface area contributed by atoms with Crippen LogP contribution in [0.1, 0.15) is 24.5 Å². The van der Waals surface area contributed by atoms with E-state index < -0.39 is 0 Å². The number of rotatable bonds is 3. The molecule has 2 rings (SSSR count). The molecule has 1 aromatic heterocycles. The van der Waals surface area contributed by atoms with Crippen molar-refractivity contribution in [1.82, 2.24) is 9.78 Å². The van der Waals surface area contributed by atoms with Gasteiger partial charge in [0.05, 0.1) is 23.5 Å². The van der Waals surface area contributed by atoms with Crippen molar-refractivity contribution in [2.75, 3.05) is 6.54 Å². The molecule has 0 amide bonds. The van der Waals surface area contributed by atoms with Crippen LogP contribution in [0.2, 0.25) is 5.02 Å². The molecule has 0 saturated heterocycles. The zero-order valence-electron chi connectivity index (χ0n) is 6.83. The van der Waals surface area contributed by atoms with Crippen LogP contribution in [0.5, 0.6) is 0 Å². The Morgan fingerprint density at radius 3 is 3.00 bits per heavy atom. The lowest BCUT2D eigenvalue weighted by Gasteiger charge is -2.04. The van der Waals surface area contributed by atoms with Crippen molar-refractivity contribution in [3.63, 3.8) is 0 Å². The number of halogens is 1. The maximum Gasteiger partial charge on any atom is 0.0820 e. The number of aromatic nitrogens is 2. The number of hydrogen-bond acceptors (Lipinski definition) is 2. The van der Waals surface area contributed by atoms with Crippen LogP contribution >= 0.6 is 11.6 Å². The molecule has 0 aromatic carbocycles. The smallest absolute Gasteiger partial charge is 0.0820 e. The average Bonchev–Trinajstić information content (AvgIpc) is 2.80. The van der Waals surface area contributed by atoms with Gasteiger partial charge in [0.2, 0.25) is 0 Å². The quantitative estimate of drug-likeness (QED) is 0.773. The van der Waals surface area contributed by atoms with Crippen molar-refractivity contribution in [2.24, 2.45) is 5.73 Å².